The lowest BCUT2D eigenvalue weighted by atomic mass is 10.1. The maximum absolute atomic E-state index is 11.8. The molecule has 0 unspecified atom stereocenters. The first-order valence-electron chi connectivity index (χ1n) is 8.43. The number of nitro benzene ring substituents is 1. The van der Waals surface area contributed by atoms with Crippen molar-refractivity contribution >= 4 is 33.7 Å². The fourth-order valence-corrected chi connectivity index (χ4v) is 3.07. The second kappa shape index (κ2) is 9.09. The number of hydrogen-bond acceptors (Lipinski definition) is 5. The number of rotatable bonds is 7. The Morgan fingerprint density at radius 2 is 1.96 bits per heavy atom. The minimum Gasteiger partial charge on any atom is -0.455 e. The molecule has 0 radical (unpaired) electrons. The number of hydrazone groups is 1. The van der Waals surface area contributed by atoms with Crippen molar-refractivity contribution in [2.75, 3.05) is 0 Å². The highest BCUT2D eigenvalue weighted by Gasteiger charge is 2.13. The zero-order valence-corrected chi connectivity index (χ0v) is 16.3. The topological polar surface area (TPSA) is 97.7 Å². The van der Waals surface area contributed by atoms with Crippen LogP contribution in [0.4, 0.5) is 5.69 Å². The van der Waals surface area contributed by atoms with Gasteiger partial charge in [0.05, 0.1) is 11.1 Å². The molecule has 8 heteroatoms. The Labute approximate surface area is 169 Å². The fraction of sp³-hybridized carbons (Fsp3) is 0.100. The third-order valence-electron chi connectivity index (χ3n) is 3.92. The fourth-order valence-electron chi connectivity index (χ4n) is 2.51. The van der Waals surface area contributed by atoms with Crippen molar-refractivity contribution in [1.82, 2.24) is 5.43 Å². The number of carbonyl (C=O) groups is 1. The number of furan rings is 1. The number of benzene rings is 2. The van der Waals surface area contributed by atoms with Gasteiger partial charge in [-0.25, -0.2) is 5.43 Å². The van der Waals surface area contributed by atoms with Gasteiger partial charge >= 0.3 is 0 Å². The number of nitrogens with zero attached hydrogens (tertiary/aromatic N) is 2. The van der Waals surface area contributed by atoms with Crippen LogP contribution in [0.25, 0.3) is 11.3 Å². The molecular formula is C20H16BrN3O4. The summed E-state index contributed by atoms with van der Waals surface area (Å²) in [5.74, 6) is 0.784. The quantitative estimate of drug-likeness (QED) is 0.326. The lowest BCUT2D eigenvalue weighted by molar-refractivity contribution is -0.384. The van der Waals surface area contributed by atoms with E-state index in [1.165, 1.54) is 18.3 Å². The van der Waals surface area contributed by atoms with Crippen LogP contribution >= 0.6 is 15.9 Å². The number of carbonyl (C=O) groups excluding carboxylic acids is 1. The number of non-ortho nitro benzene ring substituents is 1. The summed E-state index contributed by atoms with van der Waals surface area (Å²) in [6, 6.07) is 17.6. The van der Waals surface area contributed by atoms with Gasteiger partial charge in [-0.1, -0.05) is 30.3 Å². The van der Waals surface area contributed by atoms with E-state index in [1.54, 1.807) is 18.2 Å². The van der Waals surface area contributed by atoms with E-state index in [0.29, 0.717) is 34.4 Å². The third kappa shape index (κ3) is 5.14. The van der Waals surface area contributed by atoms with Crippen molar-refractivity contribution in [3.63, 3.8) is 0 Å². The first kappa shape index (κ1) is 19.5. The molecule has 0 aliphatic carbocycles. The van der Waals surface area contributed by atoms with Gasteiger partial charge in [-0.3, -0.25) is 14.9 Å². The van der Waals surface area contributed by atoms with E-state index >= 15 is 0 Å². The van der Waals surface area contributed by atoms with E-state index in [0.717, 1.165) is 5.56 Å². The largest absolute Gasteiger partial charge is 0.455 e. The summed E-state index contributed by atoms with van der Waals surface area (Å²) < 4.78 is 6.21. The Balaban J connectivity index is 1.57. The first-order valence-corrected chi connectivity index (χ1v) is 9.22. The first-order chi connectivity index (χ1) is 13.5. The molecule has 28 heavy (non-hydrogen) atoms. The number of amides is 1. The van der Waals surface area contributed by atoms with E-state index in [-0.39, 0.29) is 11.6 Å². The predicted molar refractivity (Wildman–Crippen MR) is 109 cm³/mol. The molecule has 0 spiro atoms. The molecule has 1 N–H and O–H groups in total. The maximum Gasteiger partial charge on any atom is 0.270 e. The lowest BCUT2D eigenvalue weighted by Gasteiger charge is -2.01. The van der Waals surface area contributed by atoms with Crippen molar-refractivity contribution < 1.29 is 14.1 Å². The average molecular weight is 442 g/mol. The zero-order chi connectivity index (χ0) is 19.9. The standard InChI is InChI=1S/C20H16BrN3O4/c21-18-12-15(24(26)27)7-9-17(18)19-10-8-16(28-19)13-22-23-20(25)11-6-14-4-2-1-3-5-14/h1-5,7-10,12-13H,6,11H2,(H,23,25)/b22-13-. The highest BCUT2D eigenvalue weighted by molar-refractivity contribution is 9.10. The van der Waals surface area contributed by atoms with Gasteiger partial charge in [0.1, 0.15) is 11.5 Å². The Kier molecular flexibility index (Phi) is 6.33. The van der Waals surface area contributed by atoms with Crippen LogP contribution in [-0.2, 0) is 11.2 Å². The molecule has 1 heterocycles. The molecule has 0 bridgehead atoms. The van der Waals surface area contributed by atoms with Gasteiger partial charge in [0.2, 0.25) is 5.91 Å². The number of nitro groups is 1. The van der Waals surface area contributed by atoms with E-state index in [9.17, 15) is 14.9 Å². The minimum absolute atomic E-state index is 0.0119. The SMILES string of the molecule is O=C(CCc1ccccc1)N/N=C\c1ccc(-c2ccc([N+](=O)[O-])cc2Br)o1. The van der Waals surface area contributed by atoms with Crippen LogP contribution in [0.2, 0.25) is 0 Å². The molecular weight excluding hydrogens is 426 g/mol. The summed E-state index contributed by atoms with van der Waals surface area (Å²) in [5, 5.41) is 14.7. The third-order valence-corrected chi connectivity index (χ3v) is 4.58. The molecule has 0 aliphatic heterocycles. The van der Waals surface area contributed by atoms with Crippen molar-refractivity contribution in [3.8, 4) is 11.3 Å². The summed E-state index contributed by atoms with van der Waals surface area (Å²) >= 11 is 3.31. The monoisotopic (exact) mass is 441 g/mol. The van der Waals surface area contributed by atoms with Crippen LogP contribution in [0.15, 0.2) is 74.7 Å². The molecule has 0 saturated carbocycles. The van der Waals surface area contributed by atoms with Crippen LogP contribution in [0.5, 0.6) is 0 Å². The van der Waals surface area contributed by atoms with Crippen molar-refractivity contribution in [1.29, 1.82) is 0 Å². The van der Waals surface area contributed by atoms with Crippen LogP contribution in [-0.4, -0.2) is 17.0 Å². The Morgan fingerprint density at radius 3 is 2.68 bits per heavy atom. The van der Waals surface area contributed by atoms with Gasteiger partial charge in [-0.15, -0.1) is 0 Å². The molecule has 0 fully saturated rings. The second-order valence-corrected chi connectivity index (χ2v) is 6.76. The molecule has 142 valence electrons. The van der Waals surface area contributed by atoms with Gasteiger partial charge in [-0.05, 0) is 46.1 Å². The Morgan fingerprint density at radius 1 is 1.18 bits per heavy atom. The number of hydrogen-bond donors (Lipinski definition) is 1. The Hall–Kier alpha value is -3.26. The van der Waals surface area contributed by atoms with Crippen LogP contribution in [0, 0.1) is 10.1 Å². The van der Waals surface area contributed by atoms with Crippen LogP contribution < -0.4 is 5.43 Å². The molecule has 3 rings (SSSR count). The minimum atomic E-state index is -0.463. The molecule has 7 nitrogen and oxygen atoms in total. The normalized spacial score (nSPS) is 10.9. The maximum atomic E-state index is 11.8. The highest BCUT2D eigenvalue weighted by Crippen LogP contribution is 2.32. The summed E-state index contributed by atoms with van der Waals surface area (Å²) in [7, 11) is 0. The van der Waals surface area contributed by atoms with E-state index in [2.05, 4.69) is 26.5 Å². The molecule has 0 aliphatic rings. The lowest BCUT2D eigenvalue weighted by Crippen LogP contribution is -2.17. The predicted octanol–water partition coefficient (Wildman–Crippen LogP) is 4.70. The van der Waals surface area contributed by atoms with Gasteiger partial charge in [-0.2, -0.15) is 5.10 Å². The van der Waals surface area contributed by atoms with Crippen molar-refractivity contribution in [3.05, 3.63) is 86.6 Å². The highest BCUT2D eigenvalue weighted by atomic mass is 79.9. The molecule has 3 aromatic rings. The van der Waals surface area contributed by atoms with E-state index in [1.807, 2.05) is 30.3 Å². The second-order valence-electron chi connectivity index (χ2n) is 5.90. The molecule has 1 aromatic heterocycles. The summed E-state index contributed by atoms with van der Waals surface area (Å²) in [6.07, 6.45) is 2.38. The van der Waals surface area contributed by atoms with Gasteiger partial charge < -0.3 is 4.42 Å². The smallest absolute Gasteiger partial charge is 0.270 e. The zero-order valence-electron chi connectivity index (χ0n) is 14.7. The Bertz CT molecular complexity index is 1020. The molecule has 0 atom stereocenters. The molecule has 2 aromatic carbocycles. The number of aryl methyl sites for hydroxylation is 1. The van der Waals surface area contributed by atoms with Crippen molar-refractivity contribution in [2.24, 2.45) is 5.10 Å². The van der Waals surface area contributed by atoms with Crippen LogP contribution in [0.1, 0.15) is 17.7 Å². The van der Waals surface area contributed by atoms with Gasteiger partial charge in [0.25, 0.3) is 5.69 Å². The van der Waals surface area contributed by atoms with Gasteiger partial charge in [0, 0.05) is 28.6 Å². The number of nitrogens with one attached hydrogen (secondary N) is 1. The molecule has 1 amide bonds. The van der Waals surface area contributed by atoms with E-state index < -0.39 is 4.92 Å². The van der Waals surface area contributed by atoms with Crippen molar-refractivity contribution in [2.45, 2.75) is 12.8 Å². The summed E-state index contributed by atoms with van der Waals surface area (Å²) in [4.78, 5) is 22.2. The summed E-state index contributed by atoms with van der Waals surface area (Å²) in [5.41, 5.74) is 4.22. The molecule has 0 saturated heterocycles. The van der Waals surface area contributed by atoms with E-state index in [4.69, 9.17) is 4.42 Å². The van der Waals surface area contributed by atoms with Gasteiger partial charge in [0.15, 0.2) is 0 Å². The van der Waals surface area contributed by atoms with Crippen LogP contribution in [0.3, 0.4) is 0 Å². The number of halogens is 1. The average Bonchev–Trinajstić information content (AvgIpc) is 3.15. The summed E-state index contributed by atoms with van der Waals surface area (Å²) in [6.45, 7) is 0.